The highest BCUT2D eigenvalue weighted by molar-refractivity contribution is 9.10. The van der Waals surface area contributed by atoms with Crippen molar-refractivity contribution < 1.29 is 4.79 Å². The van der Waals surface area contributed by atoms with Crippen molar-refractivity contribution in [2.75, 3.05) is 7.05 Å². The van der Waals surface area contributed by atoms with Crippen LogP contribution >= 0.6 is 15.9 Å². The minimum Gasteiger partial charge on any atom is -0.339 e. The fraction of sp³-hybridized carbons (Fsp3) is 0.250. The second kappa shape index (κ2) is 6.66. The first-order valence-electron chi connectivity index (χ1n) is 6.48. The summed E-state index contributed by atoms with van der Waals surface area (Å²) in [5.41, 5.74) is 2.09. The van der Waals surface area contributed by atoms with Crippen LogP contribution < -0.4 is 0 Å². The van der Waals surface area contributed by atoms with Gasteiger partial charge in [0, 0.05) is 23.9 Å². The zero-order valence-corrected chi connectivity index (χ0v) is 13.2. The Bertz CT molecular complexity index is 586. The smallest absolute Gasteiger partial charge is 0.227 e. The van der Waals surface area contributed by atoms with Gasteiger partial charge in [-0.2, -0.15) is 0 Å². The van der Waals surface area contributed by atoms with Crippen molar-refractivity contribution in [2.45, 2.75) is 19.4 Å². The second-order valence-electron chi connectivity index (χ2n) is 4.73. The first-order valence-corrected chi connectivity index (χ1v) is 7.28. The summed E-state index contributed by atoms with van der Waals surface area (Å²) in [6.07, 6.45) is 3.81. The van der Waals surface area contributed by atoms with Gasteiger partial charge in [-0.05, 0) is 36.2 Å². The number of carbonyl (C=O) groups is 1. The molecule has 0 spiro atoms. The van der Waals surface area contributed by atoms with Crippen LogP contribution in [0.15, 0.2) is 53.3 Å². The maximum Gasteiger partial charge on any atom is 0.227 e. The summed E-state index contributed by atoms with van der Waals surface area (Å²) in [6, 6.07) is 11.7. The molecule has 1 aromatic carbocycles. The minimum absolute atomic E-state index is 0.0277. The first kappa shape index (κ1) is 14.7. The Balaban J connectivity index is 2.09. The normalized spacial score (nSPS) is 11.9. The summed E-state index contributed by atoms with van der Waals surface area (Å²) in [5.74, 6) is 0.0967. The molecule has 20 heavy (non-hydrogen) atoms. The van der Waals surface area contributed by atoms with E-state index < -0.39 is 0 Å². The number of amides is 1. The van der Waals surface area contributed by atoms with Crippen molar-refractivity contribution in [3.63, 3.8) is 0 Å². The molecule has 0 radical (unpaired) electrons. The van der Waals surface area contributed by atoms with E-state index in [1.807, 2.05) is 50.4 Å². The number of hydrogen-bond donors (Lipinski definition) is 0. The van der Waals surface area contributed by atoms with Gasteiger partial charge < -0.3 is 4.90 Å². The van der Waals surface area contributed by atoms with E-state index in [1.54, 1.807) is 17.3 Å². The fourth-order valence-corrected chi connectivity index (χ4v) is 2.65. The third-order valence-corrected chi connectivity index (χ3v) is 4.16. The van der Waals surface area contributed by atoms with Crippen LogP contribution in [0, 0.1) is 0 Å². The average molecular weight is 333 g/mol. The number of benzene rings is 1. The van der Waals surface area contributed by atoms with Crippen LogP contribution in [-0.2, 0) is 11.2 Å². The van der Waals surface area contributed by atoms with Crippen molar-refractivity contribution in [1.29, 1.82) is 0 Å². The minimum atomic E-state index is 0.0277. The summed E-state index contributed by atoms with van der Waals surface area (Å²) in [4.78, 5) is 18.1. The van der Waals surface area contributed by atoms with E-state index in [-0.39, 0.29) is 11.9 Å². The lowest BCUT2D eigenvalue weighted by atomic mass is 10.1. The summed E-state index contributed by atoms with van der Waals surface area (Å²) in [7, 11) is 1.84. The van der Waals surface area contributed by atoms with Gasteiger partial charge in [0.25, 0.3) is 0 Å². The topological polar surface area (TPSA) is 33.2 Å². The van der Waals surface area contributed by atoms with E-state index in [0.717, 1.165) is 15.6 Å². The standard InChI is InChI=1S/C16H17BrN2O/c1-12(14-5-3-4-6-15(14)17)19(2)16(20)11-13-7-9-18-10-8-13/h3-10,12H,11H2,1-2H3/t12-/m1/s1. The molecular formula is C16H17BrN2O. The SMILES string of the molecule is C[C@H](c1ccccc1Br)N(C)C(=O)Cc1ccncc1. The number of nitrogens with zero attached hydrogens (tertiary/aromatic N) is 2. The monoisotopic (exact) mass is 332 g/mol. The lowest BCUT2D eigenvalue weighted by molar-refractivity contribution is -0.131. The number of carbonyl (C=O) groups excluding carboxylic acids is 1. The molecule has 1 atom stereocenters. The summed E-state index contributed by atoms with van der Waals surface area (Å²) < 4.78 is 1.02. The molecule has 0 aliphatic heterocycles. The third-order valence-electron chi connectivity index (χ3n) is 3.43. The van der Waals surface area contributed by atoms with E-state index in [1.165, 1.54) is 0 Å². The van der Waals surface area contributed by atoms with Gasteiger partial charge in [0.1, 0.15) is 0 Å². The Hall–Kier alpha value is -1.68. The Kier molecular flexibility index (Phi) is 4.90. The van der Waals surface area contributed by atoms with Crippen molar-refractivity contribution in [3.05, 3.63) is 64.4 Å². The fourth-order valence-electron chi connectivity index (χ4n) is 2.04. The molecule has 2 aromatic rings. The molecule has 1 heterocycles. The predicted octanol–water partition coefficient (Wildman–Crippen LogP) is 3.61. The molecule has 0 aliphatic carbocycles. The maximum absolute atomic E-state index is 12.3. The highest BCUT2D eigenvalue weighted by Gasteiger charge is 2.19. The van der Waals surface area contributed by atoms with Gasteiger partial charge in [-0.25, -0.2) is 0 Å². The summed E-state index contributed by atoms with van der Waals surface area (Å²) in [5, 5.41) is 0. The van der Waals surface area contributed by atoms with Gasteiger partial charge in [-0.1, -0.05) is 34.1 Å². The van der Waals surface area contributed by atoms with Gasteiger partial charge in [0.15, 0.2) is 0 Å². The van der Waals surface area contributed by atoms with Crippen LogP contribution in [0.1, 0.15) is 24.1 Å². The number of likely N-dealkylation sites (N-methyl/N-ethyl adjacent to an activating group) is 1. The number of halogens is 1. The van der Waals surface area contributed by atoms with Gasteiger partial charge in [0.05, 0.1) is 12.5 Å². The van der Waals surface area contributed by atoms with E-state index in [2.05, 4.69) is 20.9 Å². The molecule has 0 unspecified atom stereocenters. The zero-order valence-electron chi connectivity index (χ0n) is 11.6. The third kappa shape index (κ3) is 3.45. The molecule has 2 rings (SSSR count). The van der Waals surface area contributed by atoms with Gasteiger partial charge >= 0.3 is 0 Å². The highest BCUT2D eigenvalue weighted by atomic mass is 79.9. The number of aromatic nitrogens is 1. The lowest BCUT2D eigenvalue weighted by Gasteiger charge is -2.26. The van der Waals surface area contributed by atoms with Crippen LogP contribution in [0.3, 0.4) is 0 Å². The lowest BCUT2D eigenvalue weighted by Crippen LogP contribution is -2.31. The number of rotatable bonds is 4. The van der Waals surface area contributed by atoms with E-state index in [0.29, 0.717) is 6.42 Å². The van der Waals surface area contributed by atoms with E-state index >= 15 is 0 Å². The Morgan fingerprint density at radius 3 is 2.55 bits per heavy atom. The molecule has 1 amide bonds. The molecule has 0 saturated heterocycles. The number of pyridine rings is 1. The van der Waals surface area contributed by atoms with Gasteiger partial charge in [-0.15, -0.1) is 0 Å². The Labute approximate surface area is 127 Å². The molecule has 0 fully saturated rings. The average Bonchev–Trinajstić information content (AvgIpc) is 2.47. The van der Waals surface area contributed by atoms with Gasteiger partial charge in [0.2, 0.25) is 5.91 Å². The van der Waals surface area contributed by atoms with Crippen molar-refractivity contribution in [3.8, 4) is 0 Å². The highest BCUT2D eigenvalue weighted by Crippen LogP contribution is 2.26. The van der Waals surface area contributed by atoms with E-state index in [9.17, 15) is 4.79 Å². The molecule has 0 bridgehead atoms. The van der Waals surface area contributed by atoms with Crippen LogP contribution in [-0.4, -0.2) is 22.8 Å². The summed E-state index contributed by atoms with van der Waals surface area (Å²) >= 11 is 3.53. The van der Waals surface area contributed by atoms with Crippen molar-refractivity contribution >= 4 is 21.8 Å². The largest absolute Gasteiger partial charge is 0.339 e. The molecule has 0 aliphatic rings. The molecule has 1 aromatic heterocycles. The van der Waals surface area contributed by atoms with Crippen LogP contribution in [0.2, 0.25) is 0 Å². The van der Waals surface area contributed by atoms with E-state index in [4.69, 9.17) is 0 Å². The van der Waals surface area contributed by atoms with Crippen molar-refractivity contribution in [2.24, 2.45) is 0 Å². The van der Waals surface area contributed by atoms with Crippen LogP contribution in [0.4, 0.5) is 0 Å². The molecule has 0 saturated carbocycles. The molecular weight excluding hydrogens is 316 g/mol. The molecule has 104 valence electrons. The Morgan fingerprint density at radius 1 is 1.25 bits per heavy atom. The Morgan fingerprint density at radius 2 is 1.90 bits per heavy atom. The van der Waals surface area contributed by atoms with Crippen molar-refractivity contribution in [1.82, 2.24) is 9.88 Å². The molecule has 4 heteroatoms. The number of hydrogen-bond acceptors (Lipinski definition) is 2. The quantitative estimate of drug-likeness (QED) is 0.856. The predicted molar refractivity (Wildman–Crippen MR) is 83.3 cm³/mol. The maximum atomic E-state index is 12.3. The first-order chi connectivity index (χ1) is 9.59. The second-order valence-corrected chi connectivity index (χ2v) is 5.59. The molecule has 3 nitrogen and oxygen atoms in total. The molecule has 0 N–H and O–H groups in total. The van der Waals surface area contributed by atoms with Crippen LogP contribution in [0.25, 0.3) is 0 Å². The zero-order chi connectivity index (χ0) is 14.5. The summed E-state index contributed by atoms with van der Waals surface area (Å²) in [6.45, 7) is 2.03. The van der Waals surface area contributed by atoms with Crippen LogP contribution in [0.5, 0.6) is 0 Å². The van der Waals surface area contributed by atoms with Gasteiger partial charge in [-0.3, -0.25) is 9.78 Å².